The summed E-state index contributed by atoms with van der Waals surface area (Å²) >= 11 is 7.30. The van der Waals surface area contributed by atoms with Gasteiger partial charge in [0.1, 0.15) is 23.2 Å². The van der Waals surface area contributed by atoms with Crippen molar-refractivity contribution in [3.8, 4) is 5.75 Å². The fourth-order valence-corrected chi connectivity index (χ4v) is 3.23. The van der Waals surface area contributed by atoms with Crippen LogP contribution in [0, 0.1) is 5.82 Å². The number of nitrogens with one attached hydrogen (secondary N) is 1. The number of nitrogens with zero attached hydrogens (tertiary/aromatic N) is 1. The topological polar surface area (TPSA) is 51.2 Å². The molecular formula is C20H18ClFN2O2S. The number of thiazole rings is 1. The Labute approximate surface area is 166 Å². The van der Waals surface area contributed by atoms with E-state index in [1.807, 2.05) is 5.38 Å². The lowest BCUT2D eigenvalue weighted by molar-refractivity contribution is -0.120. The largest absolute Gasteiger partial charge is 0.486 e. The summed E-state index contributed by atoms with van der Waals surface area (Å²) in [6.45, 7) is 0.847. The molecule has 3 aromatic rings. The Balaban J connectivity index is 1.40. The van der Waals surface area contributed by atoms with E-state index in [9.17, 15) is 9.18 Å². The van der Waals surface area contributed by atoms with Crippen LogP contribution >= 0.6 is 22.9 Å². The summed E-state index contributed by atoms with van der Waals surface area (Å²) in [5.41, 5.74) is 1.70. The lowest BCUT2D eigenvalue weighted by Gasteiger charge is -2.05. The first-order valence-corrected chi connectivity index (χ1v) is 9.67. The Morgan fingerprint density at radius 3 is 2.63 bits per heavy atom. The molecule has 0 bridgehead atoms. The van der Waals surface area contributed by atoms with Gasteiger partial charge in [0, 0.05) is 16.9 Å². The van der Waals surface area contributed by atoms with Crippen LogP contribution < -0.4 is 10.1 Å². The number of benzene rings is 2. The number of rotatable bonds is 8. The Hall–Kier alpha value is -2.44. The van der Waals surface area contributed by atoms with Crippen molar-refractivity contribution in [3.63, 3.8) is 0 Å². The number of hydrogen-bond acceptors (Lipinski definition) is 4. The molecule has 1 amide bonds. The fraction of sp³-hybridized carbons (Fsp3) is 0.200. The summed E-state index contributed by atoms with van der Waals surface area (Å²) in [5.74, 6) is 0.365. The molecule has 4 nitrogen and oxygen atoms in total. The zero-order chi connectivity index (χ0) is 19.1. The van der Waals surface area contributed by atoms with Crippen LogP contribution in [0.25, 0.3) is 0 Å². The van der Waals surface area contributed by atoms with Gasteiger partial charge in [0.2, 0.25) is 5.91 Å². The van der Waals surface area contributed by atoms with Crippen LogP contribution in [0.15, 0.2) is 53.9 Å². The first kappa shape index (κ1) is 19.3. The van der Waals surface area contributed by atoms with Crippen molar-refractivity contribution in [1.82, 2.24) is 10.3 Å². The molecule has 3 rings (SSSR count). The molecule has 0 atom stereocenters. The highest BCUT2D eigenvalue weighted by Gasteiger charge is 2.08. The van der Waals surface area contributed by atoms with E-state index < -0.39 is 0 Å². The van der Waals surface area contributed by atoms with Crippen molar-refractivity contribution >= 4 is 28.8 Å². The van der Waals surface area contributed by atoms with Gasteiger partial charge in [-0.05, 0) is 48.4 Å². The number of hydrogen-bond donors (Lipinski definition) is 1. The van der Waals surface area contributed by atoms with Gasteiger partial charge in [-0.15, -0.1) is 11.3 Å². The second-order valence-corrected chi connectivity index (χ2v) is 7.26. The molecule has 0 unspecified atom stereocenters. The Morgan fingerprint density at radius 1 is 1.15 bits per heavy atom. The molecule has 1 aromatic heterocycles. The van der Waals surface area contributed by atoms with E-state index in [-0.39, 0.29) is 18.1 Å². The van der Waals surface area contributed by atoms with E-state index in [0.717, 1.165) is 16.3 Å². The molecule has 0 radical (unpaired) electrons. The van der Waals surface area contributed by atoms with Gasteiger partial charge in [0.25, 0.3) is 0 Å². The third kappa shape index (κ3) is 6.34. The van der Waals surface area contributed by atoms with Crippen LogP contribution in [-0.2, 0) is 24.2 Å². The molecule has 0 saturated heterocycles. The third-order valence-corrected chi connectivity index (χ3v) is 4.89. The summed E-state index contributed by atoms with van der Waals surface area (Å²) in [4.78, 5) is 16.5. The average Bonchev–Trinajstić information content (AvgIpc) is 3.10. The van der Waals surface area contributed by atoms with Crippen molar-refractivity contribution in [2.75, 3.05) is 6.54 Å². The second-order valence-electron chi connectivity index (χ2n) is 5.88. The zero-order valence-electron chi connectivity index (χ0n) is 14.5. The third-order valence-electron chi connectivity index (χ3n) is 3.77. The van der Waals surface area contributed by atoms with Crippen molar-refractivity contribution < 1.29 is 13.9 Å². The average molecular weight is 405 g/mol. The molecule has 0 saturated carbocycles. The fourth-order valence-electron chi connectivity index (χ4n) is 2.40. The summed E-state index contributed by atoms with van der Waals surface area (Å²) in [6, 6.07) is 13.4. The van der Waals surface area contributed by atoms with Crippen LogP contribution in [0.5, 0.6) is 5.75 Å². The smallest absolute Gasteiger partial charge is 0.226 e. The summed E-state index contributed by atoms with van der Waals surface area (Å²) in [7, 11) is 0. The predicted octanol–water partition coefficient (Wildman–Crippen LogP) is 4.42. The SMILES string of the molecule is O=C(Cc1csc(COc2ccc(Cl)cc2)n1)NCCc1ccc(F)cc1. The lowest BCUT2D eigenvalue weighted by Crippen LogP contribution is -2.27. The molecule has 0 aliphatic carbocycles. The minimum Gasteiger partial charge on any atom is -0.486 e. The van der Waals surface area contributed by atoms with Crippen LogP contribution in [0.2, 0.25) is 5.02 Å². The predicted molar refractivity (Wildman–Crippen MR) is 105 cm³/mol. The van der Waals surface area contributed by atoms with Gasteiger partial charge in [-0.25, -0.2) is 9.37 Å². The molecular weight excluding hydrogens is 387 g/mol. The molecule has 0 spiro atoms. The van der Waals surface area contributed by atoms with Gasteiger partial charge < -0.3 is 10.1 Å². The maximum atomic E-state index is 12.9. The van der Waals surface area contributed by atoms with Gasteiger partial charge in [0.15, 0.2) is 0 Å². The van der Waals surface area contributed by atoms with Gasteiger partial charge >= 0.3 is 0 Å². The molecule has 1 N–H and O–H groups in total. The monoisotopic (exact) mass is 404 g/mol. The van der Waals surface area contributed by atoms with E-state index >= 15 is 0 Å². The van der Waals surface area contributed by atoms with Crippen LogP contribution in [-0.4, -0.2) is 17.4 Å². The summed E-state index contributed by atoms with van der Waals surface area (Å²) in [5, 5.41) is 6.18. The standard InChI is InChI=1S/C20H18ClFN2O2S/c21-15-3-7-18(8-4-15)26-12-20-24-17(13-27-20)11-19(25)23-10-9-14-1-5-16(22)6-2-14/h1-8,13H,9-12H2,(H,23,25). The van der Waals surface area contributed by atoms with Crippen LogP contribution in [0.1, 0.15) is 16.3 Å². The normalized spacial score (nSPS) is 10.6. The summed E-state index contributed by atoms with van der Waals surface area (Å²) < 4.78 is 18.5. The van der Waals surface area contributed by atoms with E-state index in [1.54, 1.807) is 36.4 Å². The summed E-state index contributed by atoms with van der Waals surface area (Å²) in [6.07, 6.45) is 0.879. The van der Waals surface area contributed by atoms with Crippen LogP contribution in [0.3, 0.4) is 0 Å². The Kier molecular flexibility index (Phi) is 6.79. The highest BCUT2D eigenvalue weighted by atomic mass is 35.5. The van der Waals surface area contributed by atoms with E-state index in [0.29, 0.717) is 30.3 Å². The second kappa shape index (κ2) is 9.48. The van der Waals surface area contributed by atoms with E-state index in [1.165, 1.54) is 23.5 Å². The zero-order valence-corrected chi connectivity index (χ0v) is 16.0. The molecule has 0 fully saturated rings. The highest BCUT2D eigenvalue weighted by molar-refractivity contribution is 7.09. The number of amides is 1. The van der Waals surface area contributed by atoms with Crippen LogP contribution in [0.4, 0.5) is 4.39 Å². The van der Waals surface area contributed by atoms with Gasteiger partial charge in [0.05, 0.1) is 12.1 Å². The maximum Gasteiger partial charge on any atom is 0.226 e. The minimum atomic E-state index is -0.262. The maximum absolute atomic E-state index is 12.9. The van der Waals surface area contributed by atoms with Gasteiger partial charge in [-0.1, -0.05) is 23.7 Å². The number of carbonyl (C=O) groups is 1. The quantitative estimate of drug-likeness (QED) is 0.604. The molecule has 0 aliphatic heterocycles. The number of halogens is 2. The van der Waals surface area contributed by atoms with Crippen molar-refractivity contribution in [2.45, 2.75) is 19.4 Å². The van der Waals surface area contributed by atoms with Crippen molar-refractivity contribution in [2.24, 2.45) is 0 Å². The molecule has 140 valence electrons. The Morgan fingerprint density at radius 2 is 1.89 bits per heavy atom. The molecule has 2 aromatic carbocycles. The molecule has 27 heavy (non-hydrogen) atoms. The van der Waals surface area contributed by atoms with Gasteiger partial charge in [-0.3, -0.25) is 4.79 Å². The molecule has 1 heterocycles. The van der Waals surface area contributed by atoms with Gasteiger partial charge in [-0.2, -0.15) is 0 Å². The Bertz CT molecular complexity index is 882. The van der Waals surface area contributed by atoms with Crippen molar-refractivity contribution in [1.29, 1.82) is 0 Å². The van der Waals surface area contributed by atoms with Crippen molar-refractivity contribution in [3.05, 3.63) is 81.0 Å². The highest BCUT2D eigenvalue weighted by Crippen LogP contribution is 2.18. The van der Waals surface area contributed by atoms with E-state index in [2.05, 4.69) is 10.3 Å². The molecule has 0 aliphatic rings. The minimum absolute atomic E-state index is 0.0902. The first-order valence-electron chi connectivity index (χ1n) is 8.41. The number of aromatic nitrogens is 1. The molecule has 7 heteroatoms. The lowest BCUT2D eigenvalue weighted by atomic mass is 10.1. The number of carbonyl (C=O) groups excluding carboxylic acids is 1. The van der Waals surface area contributed by atoms with E-state index in [4.69, 9.17) is 16.3 Å². The number of ether oxygens (including phenoxy) is 1. The first-order chi connectivity index (χ1) is 13.1.